The number of carboxylic acid groups (broad SMARTS) is 1. The molecule has 2 rings (SSSR count). The Morgan fingerprint density at radius 1 is 1.29 bits per heavy atom. The quantitative estimate of drug-likeness (QED) is 0.823. The van der Waals surface area contributed by atoms with Crippen molar-refractivity contribution >= 4 is 39.5 Å². The van der Waals surface area contributed by atoms with Gasteiger partial charge in [-0.2, -0.15) is 0 Å². The Balaban J connectivity index is 2.69. The summed E-state index contributed by atoms with van der Waals surface area (Å²) in [6.07, 6.45) is 0. The number of aromatic nitrogens is 1. The molecule has 0 radical (unpaired) electrons. The lowest BCUT2D eigenvalue weighted by Crippen LogP contribution is -1.99. The fourth-order valence-electron chi connectivity index (χ4n) is 1.21. The molecule has 1 aromatic heterocycles. The molecule has 0 saturated carbocycles. The molecule has 0 aliphatic heterocycles. The maximum absolute atomic E-state index is 10.7. The van der Waals surface area contributed by atoms with Gasteiger partial charge in [-0.05, 0) is 40.8 Å². The minimum Gasteiger partial charge on any atom is -0.477 e. The maximum atomic E-state index is 10.7. The van der Waals surface area contributed by atoms with E-state index in [0.717, 1.165) is 14.5 Å². The molecule has 0 spiro atoms. The van der Waals surface area contributed by atoms with Crippen LogP contribution in [0.2, 0.25) is 0 Å². The molecule has 0 saturated heterocycles. The first-order chi connectivity index (χ1) is 6.66. The molecule has 1 aromatic carbocycles. The van der Waals surface area contributed by atoms with Gasteiger partial charge in [-0.25, -0.2) is 9.78 Å². The van der Waals surface area contributed by atoms with Crippen LogP contribution in [0.15, 0.2) is 30.3 Å². The second-order valence-corrected chi connectivity index (χ2v) is 4.08. The summed E-state index contributed by atoms with van der Waals surface area (Å²) >= 11 is 2.17. The van der Waals surface area contributed by atoms with Gasteiger partial charge >= 0.3 is 5.97 Å². The van der Waals surface area contributed by atoms with Gasteiger partial charge in [0.25, 0.3) is 0 Å². The second kappa shape index (κ2) is 3.53. The van der Waals surface area contributed by atoms with E-state index in [4.69, 9.17) is 5.11 Å². The van der Waals surface area contributed by atoms with Gasteiger partial charge < -0.3 is 5.11 Å². The Morgan fingerprint density at radius 3 is 2.71 bits per heavy atom. The summed E-state index contributed by atoms with van der Waals surface area (Å²) in [7, 11) is 0. The molecule has 0 unspecified atom stereocenters. The first-order valence-corrected chi connectivity index (χ1v) is 5.04. The first kappa shape index (κ1) is 9.39. The van der Waals surface area contributed by atoms with E-state index in [1.807, 2.05) is 18.2 Å². The Hall–Kier alpha value is -1.17. The molecule has 1 N–H and O–H groups in total. The zero-order chi connectivity index (χ0) is 10.1. The van der Waals surface area contributed by atoms with E-state index in [1.165, 1.54) is 6.07 Å². The van der Waals surface area contributed by atoms with Crippen LogP contribution in [0.1, 0.15) is 10.5 Å². The van der Waals surface area contributed by atoms with Gasteiger partial charge in [-0.1, -0.05) is 12.1 Å². The lowest BCUT2D eigenvalue weighted by atomic mass is 10.2. The average Bonchev–Trinajstić information content (AvgIpc) is 2.16. The fraction of sp³-hybridized carbons (Fsp3) is 0. The summed E-state index contributed by atoms with van der Waals surface area (Å²) in [5.74, 6) is -0.995. The number of hydrogen-bond donors (Lipinski definition) is 1. The highest BCUT2D eigenvalue weighted by atomic mass is 127. The summed E-state index contributed by atoms with van der Waals surface area (Å²) in [5.41, 5.74) is 0.802. The molecule has 2 aromatic rings. The molecule has 0 aliphatic rings. The highest BCUT2D eigenvalue weighted by Gasteiger charge is 2.04. The number of pyridine rings is 1. The Kier molecular flexibility index (Phi) is 2.37. The monoisotopic (exact) mass is 299 g/mol. The van der Waals surface area contributed by atoms with Crippen LogP contribution in [-0.4, -0.2) is 16.1 Å². The molecule has 0 aliphatic carbocycles. The van der Waals surface area contributed by atoms with Crippen LogP contribution in [0, 0.1) is 3.57 Å². The number of hydrogen-bond acceptors (Lipinski definition) is 2. The van der Waals surface area contributed by atoms with Gasteiger partial charge in [0.15, 0.2) is 0 Å². The van der Waals surface area contributed by atoms with Crippen molar-refractivity contribution in [2.75, 3.05) is 0 Å². The van der Waals surface area contributed by atoms with Crippen molar-refractivity contribution in [2.24, 2.45) is 0 Å². The molecule has 1 heterocycles. The molecule has 70 valence electrons. The third-order valence-electron chi connectivity index (χ3n) is 1.87. The molecule has 3 nitrogen and oxygen atoms in total. The average molecular weight is 299 g/mol. The van der Waals surface area contributed by atoms with E-state index >= 15 is 0 Å². The molecular weight excluding hydrogens is 293 g/mol. The summed E-state index contributed by atoms with van der Waals surface area (Å²) in [6.45, 7) is 0. The van der Waals surface area contributed by atoms with E-state index in [0.29, 0.717) is 0 Å². The van der Waals surface area contributed by atoms with Gasteiger partial charge in [0.1, 0.15) is 5.69 Å². The van der Waals surface area contributed by atoms with Crippen LogP contribution >= 0.6 is 22.6 Å². The zero-order valence-electron chi connectivity index (χ0n) is 7.07. The molecule has 4 heteroatoms. The van der Waals surface area contributed by atoms with E-state index < -0.39 is 5.97 Å². The van der Waals surface area contributed by atoms with Crippen LogP contribution < -0.4 is 0 Å². The SMILES string of the molecule is O=C(O)c1ccc2ccc(I)cc2n1. The van der Waals surface area contributed by atoms with Crippen LogP contribution in [0.4, 0.5) is 0 Å². The number of rotatable bonds is 1. The first-order valence-electron chi connectivity index (χ1n) is 3.96. The van der Waals surface area contributed by atoms with Crippen molar-refractivity contribution in [3.8, 4) is 0 Å². The van der Waals surface area contributed by atoms with E-state index in [2.05, 4.69) is 27.6 Å². The van der Waals surface area contributed by atoms with Gasteiger partial charge in [0, 0.05) is 8.96 Å². The second-order valence-electron chi connectivity index (χ2n) is 2.84. The molecule has 0 atom stereocenters. The summed E-state index contributed by atoms with van der Waals surface area (Å²) in [5, 5.41) is 9.70. The van der Waals surface area contributed by atoms with Crippen molar-refractivity contribution in [3.63, 3.8) is 0 Å². The van der Waals surface area contributed by atoms with Crippen molar-refractivity contribution in [1.82, 2.24) is 4.98 Å². The Labute approximate surface area is 93.9 Å². The van der Waals surface area contributed by atoms with E-state index in [9.17, 15) is 4.79 Å². The van der Waals surface area contributed by atoms with Crippen LogP contribution in [0.5, 0.6) is 0 Å². The summed E-state index contributed by atoms with van der Waals surface area (Å²) in [6, 6.07) is 9.03. The largest absolute Gasteiger partial charge is 0.477 e. The van der Waals surface area contributed by atoms with Gasteiger partial charge in [-0.15, -0.1) is 0 Å². The predicted molar refractivity (Wildman–Crippen MR) is 61.4 cm³/mol. The molecule has 0 amide bonds. The van der Waals surface area contributed by atoms with Crippen LogP contribution in [0.25, 0.3) is 10.9 Å². The zero-order valence-corrected chi connectivity index (χ0v) is 9.22. The molecule has 14 heavy (non-hydrogen) atoms. The van der Waals surface area contributed by atoms with Gasteiger partial charge in [-0.3, -0.25) is 0 Å². The van der Waals surface area contributed by atoms with Crippen molar-refractivity contribution in [1.29, 1.82) is 0 Å². The van der Waals surface area contributed by atoms with Gasteiger partial charge in [0.2, 0.25) is 0 Å². The lowest BCUT2D eigenvalue weighted by molar-refractivity contribution is 0.0691. The Bertz CT molecular complexity index is 510. The Morgan fingerprint density at radius 2 is 2.00 bits per heavy atom. The minimum absolute atomic E-state index is 0.0829. The topological polar surface area (TPSA) is 50.2 Å². The van der Waals surface area contributed by atoms with Crippen LogP contribution in [0.3, 0.4) is 0 Å². The van der Waals surface area contributed by atoms with Gasteiger partial charge in [0.05, 0.1) is 5.52 Å². The molecule has 0 fully saturated rings. The highest BCUT2D eigenvalue weighted by Crippen LogP contribution is 2.15. The fourth-order valence-corrected chi connectivity index (χ4v) is 1.68. The van der Waals surface area contributed by atoms with E-state index in [-0.39, 0.29) is 5.69 Å². The number of carbonyl (C=O) groups is 1. The number of benzene rings is 1. The third-order valence-corrected chi connectivity index (χ3v) is 2.54. The number of halogens is 1. The predicted octanol–water partition coefficient (Wildman–Crippen LogP) is 2.54. The van der Waals surface area contributed by atoms with Crippen LogP contribution in [-0.2, 0) is 0 Å². The number of fused-ring (bicyclic) bond motifs is 1. The maximum Gasteiger partial charge on any atom is 0.354 e. The lowest BCUT2D eigenvalue weighted by Gasteiger charge is -1.99. The number of carboxylic acids is 1. The van der Waals surface area contributed by atoms with E-state index in [1.54, 1.807) is 6.07 Å². The number of aromatic carboxylic acids is 1. The normalized spacial score (nSPS) is 10.4. The number of nitrogens with zero attached hydrogens (tertiary/aromatic N) is 1. The highest BCUT2D eigenvalue weighted by molar-refractivity contribution is 14.1. The van der Waals surface area contributed by atoms with Crippen molar-refractivity contribution in [3.05, 3.63) is 39.6 Å². The third kappa shape index (κ3) is 1.70. The smallest absolute Gasteiger partial charge is 0.354 e. The summed E-state index contributed by atoms with van der Waals surface area (Å²) < 4.78 is 1.05. The molecular formula is C10H6INO2. The minimum atomic E-state index is -0.995. The summed E-state index contributed by atoms with van der Waals surface area (Å²) in [4.78, 5) is 14.7. The van der Waals surface area contributed by atoms with Crippen molar-refractivity contribution < 1.29 is 9.90 Å². The standard InChI is InChI=1S/C10H6INO2/c11-7-3-1-6-2-4-8(10(13)14)12-9(6)5-7/h1-5H,(H,13,14). The van der Waals surface area contributed by atoms with Crippen molar-refractivity contribution in [2.45, 2.75) is 0 Å². The molecule has 0 bridgehead atoms.